The van der Waals surface area contributed by atoms with Gasteiger partial charge in [-0.25, -0.2) is 9.37 Å². The molecule has 7 heteroatoms. The Bertz CT molecular complexity index is 896. The van der Waals surface area contributed by atoms with E-state index in [0.29, 0.717) is 6.04 Å². The number of rotatable bonds is 4. The molecule has 142 valence electrons. The first-order valence-electron chi connectivity index (χ1n) is 9.27. The molecule has 1 aromatic heterocycles. The number of nitrogens with two attached hydrogens (primary N) is 1. The highest BCUT2D eigenvalue weighted by atomic mass is 19.1. The number of anilines is 1. The highest BCUT2D eigenvalue weighted by Gasteiger charge is 2.39. The van der Waals surface area contributed by atoms with E-state index in [0.717, 1.165) is 35.7 Å². The van der Waals surface area contributed by atoms with Crippen LogP contribution >= 0.6 is 0 Å². The Morgan fingerprint density at radius 3 is 2.59 bits per heavy atom. The van der Waals surface area contributed by atoms with Crippen LogP contribution in [-0.4, -0.2) is 32.9 Å². The second-order valence-corrected chi connectivity index (χ2v) is 7.61. The van der Waals surface area contributed by atoms with Gasteiger partial charge in [0.15, 0.2) is 0 Å². The molecule has 4 rings (SSSR count). The van der Waals surface area contributed by atoms with Crippen LogP contribution in [0.3, 0.4) is 0 Å². The standard InChI is InChI=1S/C20H24FN5O/c1-20(2)19-24-17(13-6-8-14(21)9-7-13)18(23-15-4-3-5-15)25(19)10-11-26(20)16(27)12-22/h6-11,15,23H,3-5,12,22H2,1-2H3. The molecule has 1 aliphatic heterocycles. The summed E-state index contributed by atoms with van der Waals surface area (Å²) < 4.78 is 15.4. The molecule has 1 amide bonds. The largest absolute Gasteiger partial charge is 0.367 e. The van der Waals surface area contributed by atoms with E-state index in [1.54, 1.807) is 23.2 Å². The number of halogens is 1. The molecule has 0 spiro atoms. The van der Waals surface area contributed by atoms with Gasteiger partial charge in [-0.15, -0.1) is 0 Å². The third-order valence-electron chi connectivity index (χ3n) is 5.43. The molecule has 2 aliphatic rings. The lowest BCUT2D eigenvalue weighted by molar-refractivity contribution is -0.132. The van der Waals surface area contributed by atoms with Crippen molar-refractivity contribution in [3.63, 3.8) is 0 Å². The molecule has 1 aromatic carbocycles. The molecule has 0 atom stereocenters. The highest BCUT2D eigenvalue weighted by molar-refractivity contribution is 5.82. The quantitative estimate of drug-likeness (QED) is 0.868. The monoisotopic (exact) mass is 369 g/mol. The average Bonchev–Trinajstić information content (AvgIpc) is 2.98. The van der Waals surface area contributed by atoms with Crippen molar-refractivity contribution in [2.45, 2.75) is 44.7 Å². The number of hydrogen-bond acceptors (Lipinski definition) is 4. The van der Waals surface area contributed by atoms with Gasteiger partial charge in [-0.05, 0) is 57.4 Å². The van der Waals surface area contributed by atoms with E-state index < -0.39 is 5.54 Å². The first kappa shape index (κ1) is 17.7. The fourth-order valence-electron chi connectivity index (χ4n) is 3.62. The summed E-state index contributed by atoms with van der Waals surface area (Å²) in [5.41, 5.74) is 6.52. The number of carbonyl (C=O) groups excluding carboxylic acids is 1. The summed E-state index contributed by atoms with van der Waals surface area (Å²) in [5, 5.41) is 3.59. The summed E-state index contributed by atoms with van der Waals surface area (Å²) in [6.07, 6.45) is 7.05. The van der Waals surface area contributed by atoms with E-state index in [1.165, 1.54) is 18.6 Å². The molecule has 0 bridgehead atoms. The van der Waals surface area contributed by atoms with Crippen LogP contribution < -0.4 is 11.1 Å². The predicted octanol–water partition coefficient (Wildman–Crippen LogP) is 3.12. The van der Waals surface area contributed by atoms with Gasteiger partial charge in [-0.2, -0.15) is 0 Å². The van der Waals surface area contributed by atoms with E-state index >= 15 is 0 Å². The van der Waals surface area contributed by atoms with Crippen molar-refractivity contribution in [2.75, 3.05) is 11.9 Å². The SMILES string of the molecule is CC1(C)c2nc(-c3ccc(F)cc3)c(NC3CCC3)n2C=CN1C(=O)CN. The zero-order valence-corrected chi connectivity index (χ0v) is 15.6. The van der Waals surface area contributed by atoms with E-state index in [9.17, 15) is 9.18 Å². The molecule has 0 unspecified atom stereocenters. The van der Waals surface area contributed by atoms with Gasteiger partial charge >= 0.3 is 0 Å². The summed E-state index contributed by atoms with van der Waals surface area (Å²) in [5.74, 6) is 1.18. The van der Waals surface area contributed by atoms with E-state index in [-0.39, 0.29) is 18.3 Å². The Morgan fingerprint density at radius 2 is 2.00 bits per heavy atom. The Hall–Kier alpha value is -2.67. The normalized spacial score (nSPS) is 18.1. The maximum Gasteiger partial charge on any atom is 0.241 e. The van der Waals surface area contributed by atoms with Crippen molar-refractivity contribution in [3.8, 4) is 11.3 Å². The molecular weight excluding hydrogens is 345 g/mol. The molecule has 0 saturated heterocycles. The number of amides is 1. The van der Waals surface area contributed by atoms with Gasteiger partial charge in [-0.3, -0.25) is 9.36 Å². The Balaban J connectivity index is 1.84. The zero-order chi connectivity index (χ0) is 19.2. The number of carbonyl (C=O) groups is 1. The van der Waals surface area contributed by atoms with Crippen molar-refractivity contribution in [2.24, 2.45) is 5.73 Å². The number of aromatic nitrogens is 2. The van der Waals surface area contributed by atoms with Crippen LogP contribution in [0.4, 0.5) is 10.2 Å². The Morgan fingerprint density at radius 1 is 1.30 bits per heavy atom. The molecule has 1 saturated carbocycles. The molecule has 2 aromatic rings. The van der Waals surface area contributed by atoms with Gasteiger partial charge < -0.3 is 16.0 Å². The van der Waals surface area contributed by atoms with E-state index in [2.05, 4.69) is 5.32 Å². The van der Waals surface area contributed by atoms with Crippen molar-refractivity contribution in [1.82, 2.24) is 14.5 Å². The van der Waals surface area contributed by atoms with Crippen LogP contribution in [0, 0.1) is 5.82 Å². The average molecular weight is 369 g/mol. The maximum atomic E-state index is 13.4. The van der Waals surface area contributed by atoms with Crippen molar-refractivity contribution in [1.29, 1.82) is 0 Å². The predicted molar refractivity (Wildman–Crippen MR) is 103 cm³/mol. The van der Waals surface area contributed by atoms with Crippen LogP contribution in [-0.2, 0) is 10.3 Å². The number of imidazole rings is 1. The summed E-state index contributed by atoms with van der Waals surface area (Å²) in [6, 6.07) is 6.74. The van der Waals surface area contributed by atoms with Gasteiger partial charge in [0.1, 0.15) is 28.7 Å². The van der Waals surface area contributed by atoms with E-state index in [4.69, 9.17) is 10.7 Å². The van der Waals surface area contributed by atoms with Crippen LogP contribution in [0.2, 0.25) is 0 Å². The van der Waals surface area contributed by atoms with Crippen molar-refractivity contribution >= 4 is 17.9 Å². The molecule has 1 fully saturated rings. The first-order chi connectivity index (χ1) is 12.9. The topological polar surface area (TPSA) is 76.2 Å². The van der Waals surface area contributed by atoms with E-state index in [1.807, 2.05) is 24.6 Å². The van der Waals surface area contributed by atoms with Crippen molar-refractivity contribution < 1.29 is 9.18 Å². The third-order valence-corrected chi connectivity index (χ3v) is 5.43. The number of hydrogen-bond donors (Lipinski definition) is 2. The minimum absolute atomic E-state index is 0.0630. The Kier molecular flexibility index (Phi) is 4.26. The van der Waals surface area contributed by atoms with Gasteiger partial charge in [0, 0.05) is 24.0 Å². The lowest BCUT2D eigenvalue weighted by Crippen LogP contribution is -2.47. The first-order valence-corrected chi connectivity index (χ1v) is 9.27. The minimum Gasteiger partial charge on any atom is -0.367 e. The van der Waals surface area contributed by atoms with Crippen LogP contribution in [0.1, 0.15) is 38.9 Å². The number of benzene rings is 1. The van der Waals surface area contributed by atoms with Crippen LogP contribution in [0.25, 0.3) is 17.5 Å². The highest BCUT2D eigenvalue weighted by Crippen LogP contribution is 2.40. The molecular formula is C20H24FN5O. The summed E-state index contributed by atoms with van der Waals surface area (Å²) in [6.45, 7) is 3.83. The fourth-order valence-corrected chi connectivity index (χ4v) is 3.62. The number of nitrogens with zero attached hydrogens (tertiary/aromatic N) is 3. The molecule has 0 radical (unpaired) electrons. The molecule has 6 nitrogen and oxygen atoms in total. The summed E-state index contributed by atoms with van der Waals surface area (Å²) in [7, 11) is 0. The Labute approximate surface area is 157 Å². The molecule has 27 heavy (non-hydrogen) atoms. The van der Waals surface area contributed by atoms with Gasteiger partial charge in [0.05, 0.1) is 6.54 Å². The fraction of sp³-hybridized carbons (Fsp3) is 0.400. The smallest absolute Gasteiger partial charge is 0.241 e. The lowest BCUT2D eigenvalue weighted by Gasteiger charge is -2.38. The number of nitrogens with one attached hydrogen (secondary N) is 1. The second kappa shape index (κ2) is 6.49. The molecule has 1 aliphatic carbocycles. The summed E-state index contributed by atoms with van der Waals surface area (Å²) >= 11 is 0. The summed E-state index contributed by atoms with van der Waals surface area (Å²) in [4.78, 5) is 18.8. The third kappa shape index (κ3) is 2.92. The molecule has 2 heterocycles. The molecule has 3 N–H and O–H groups in total. The van der Waals surface area contributed by atoms with Crippen molar-refractivity contribution in [3.05, 3.63) is 42.1 Å². The zero-order valence-electron chi connectivity index (χ0n) is 15.6. The maximum absolute atomic E-state index is 13.4. The van der Waals surface area contributed by atoms with Crippen LogP contribution in [0.15, 0.2) is 30.5 Å². The van der Waals surface area contributed by atoms with Gasteiger partial charge in [0.25, 0.3) is 0 Å². The minimum atomic E-state index is -0.653. The lowest BCUT2D eigenvalue weighted by atomic mass is 9.93. The van der Waals surface area contributed by atoms with Gasteiger partial charge in [0.2, 0.25) is 5.91 Å². The van der Waals surface area contributed by atoms with Crippen LogP contribution in [0.5, 0.6) is 0 Å². The second-order valence-electron chi connectivity index (χ2n) is 7.61. The van der Waals surface area contributed by atoms with Gasteiger partial charge in [-0.1, -0.05) is 0 Å². The number of fused-ring (bicyclic) bond motifs is 1.